The van der Waals surface area contributed by atoms with Gasteiger partial charge in [0.2, 0.25) is 11.8 Å². The monoisotopic (exact) mass is 289 g/mol. The van der Waals surface area contributed by atoms with Gasteiger partial charge in [-0.15, -0.1) is 0 Å². The second-order valence-electron chi connectivity index (χ2n) is 5.96. The number of amides is 2. The summed E-state index contributed by atoms with van der Waals surface area (Å²) in [5.41, 5.74) is 5.93. The SMILES string of the molecule is CN(C)C(=O)C1CCCN1C(=O)C(C)(N)c1ccccc1. The predicted molar refractivity (Wildman–Crippen MR) is 81.4 cm³/mol. The van der Waals surface area contributed by atoms with Crippen molar-refractivity contribution in [3.8, 4) is 0 Å². The van der Waals surface area contributed by atoms with Crippen molar-refractivity contribution in [3.63, 3.8) is 0 Å². The van der Waals surface area contributed by atoms with E-state index in [0.29, 0.717) is 13.0 Å². The fourth-order valence-electron chi connectivity index (χ4n) is 2.77. The lowest BCUT2D eigenvalue weighted by Crippen LogP contribution is -2.55. The van der Waals surface area contributed by atoms with Crippen molar-refractivity contribution in [2.45, 2.75) is 31.3 Å². The zero-order valence-corrected chi connectivity index (χ0v) is 12.9. The molecule has 1 aliphatic rings. The minimum absolute atomic E-state index is 0.0373. The molecule has 114 valence electrons. The molecule has 2 rings (SSSR count). The molecule has 0 aliphatic carbocycles. The summed E-state index contributed by atoms with van der Waals surface area (Å²) in [5, 5.41) is 0. The van der Waals surface area contributed by atoms with Crippen LogP contribution in [-0.4, -0.2) is 48.3 Å². The highest BCUT2D eigenvalue weighted by molar-refractivity contribution is 5.92. The summed E-state index contributed by atoms with van der Waals surface area (Å²) in [4.78, 5) is 28.2. The molecule has 1 aromatic carbocycles. The number of carbonyl (C=O) groups excluding carboxylic acids is 2. The van der Waals surface area contributed by atoms with E-state index in [-0.39, 0.29) is 17.9 Å². The summed E-state index contributed by atoms with van der Waals surface area (Å²) in [5.74, 6) is -0.226. The van der Waals surface area contributed by atoms with E-state index in [1.807, 2.05) is 30.3 Å². The van der Waals surface area contributed by atoms with E-state index in [0.717, 1.165) is 12.0 Å². The second-order valence-corrected chi connectivity index (χ2v) is 5.96. The molecule has 0 spiro atoms. The highest BCUT2D eigenvalue weighted by atomic mass is 16.2. The quantitative estimate of drug-likeness (QED) is 0.900. The number of likely N-dealkylation sites (tertiary alicyclic amines) is 1. The predicted octanol–water partition coefficient (Wildman–Crippen LogP) is 0.940. The van der Waals surface area contributed by atoms with Crippen LogP contribution in [0.25, 0.3) is 0 Å². The molecule has 2 atom stereocenters. The summed E-state index contributed by atoms with van der Waals surface area (Å²) >= 11 is 0. The van der Waals surface area contributed by atoms with Gasteiger partial charge in [0.05, 0.1) is 0 Å². The summed E-state index contributed by atoms with van der Waals surface area (Å²) in [6, 6.07) is 8.91. The molecule has 1 heterocycles. The van der Waals surface area contributed by atoms with Crippen LogP contribution in [-0.2, 0) is 15.1 Å². The minimum Gasteiger partial charge on any atom is -0.347 e. The molecule has 2 N–H and O–H groups in total. The van der Waals surface area contributed by atoms with Crippen LogP contribution in [0.2, 0.25) is 0 Å². The van der Waals surface area contributed by atoms with Gasteiger partial charge >= 0.3 is 0 Å². The number of hydrogen-bond acceptors (Lipinski definition) is 3. The molecule has 21 heavy (non-hydrogen) atoms. The first-order valence-electron chi connectivity index (χ1n) is 7.22. The largest absolute Gasteiger partial charge is 0.347 e. The minimum atomic E-state index is -1.11. The molecule has 2 unspecified atom stereocenters. The van der Waals surface area contributed by atoms with E-state index in [4.69, 9.17) is 5.73 Å². The normalized spacial score (nSPS) is 21.0. The van der Waals surface area contributed by atoms with Crippen LogP contribution in [0.4, 0.5) is 0 Å². The number of carbonyl (C=O) groups is 2. The standard InChI is InChI=1S/C16H23N3O2/c1-16(17,12-8-5-4-6-9-12)15(21)19-11-7-10-13(19)14(20)18(2)3/h4-6,8-9,13H,7,10-11,17H2,1-3H3. The maximum Gasteiger partial charge on any atom is 0.247 e. The Labute approximate surface area is 125 Å². The molecule has 1 fully saturated rings. The van der Waals surface area contributed by atoms with Crippen molar-refractivity contribution in [2.75, 3.05) is 20.6 Å². The van der Waals surface area contributed by atoms with Crippen LogP contribution in [0.15, 0.2) is 30.3 Å². The van der Waals surface area contributed by atoms with Gasteiger partial charge in [-0.3, -0.25) is 9.59 Å². The van der Waals surface area contributed by atoms with Crippen molar-refractivity contribution in [1.29, 1.82) is 0 Å². The van der Waals surface area contributed by atoms with Crippen LogP contribution >= 0.6 is 0 Å². The van der Waals surface area contributed by atoms with E-state index >= 15 is 0 Å². The summed E-state index contributed by atoms with van der Waals surface area (Å²) in [7, 11) is 3.42. The molecule has 0 radical (unpaired) electrons. The molecule has 2 amide bonds. The molecule has 1 aliphatic heterocycles. The molecule has 5 nitrogen and oxygen atoms in total. The van der Waals surface area contributed by atoms with E-state index in [1.165, 1.54) is 4.90 Å². The zero-order chi connectivity index (χ0) is 15.6. The van der Waals surface area contributed by atoms with Gasteiger partial charge in [0.15, 0.2) is 0 Å². The third-order valence-electron chi connectivity index (χ3n) is 4.06. The highest BCUT2D eigenvalue weighted by Crippen LogP contribution is 2.26. The molecule has 0 bridgehead atoms. The van der Waals surface area contributed by atoms with Crippen molar-refractivity contribution in [1.82, 2.24) is 9.80 Å². The second kappa shape index (κ2) is 5.85. The summed E-state index contributed by atoms with van der Waals surface area (Å²) < 4.78 is 0. The van der Waals surface area contributed by atoms with Crippen molar-refractivity contribution < 1.29 is 9.59 Å². The average molecular weight is 289 g/mol. The Morgan fingerprint density at radius 1 is 1.29 bits per heavy atom. The van der Waals surface area contributed by atoms with Crippen molar-refractivity contribution in [3.05, 3.63) is 35.9 Å². The number of nitrogens with zero attached hydrogens (tertiary/aromatic N) is 2. The first-order valence-corrected chi connectivity index (χ1v) is 7.22. The van der Waals surface area contributed by atoms with Gasteiger partial charge in [-0.05, 0) is 25.3 Å². The molecule has 0 saturated carbocycles. The first kappa shape index (κ1) is 15.5. The average Bonchev–Trinajstić information content (AvgIpc) is 2.95. The van der Waals surface area contributed by atoms with Crippen LogP contribution in [0, 0.1) is 0 Å². The highest BCUT2D eigenvalue weighted by Gasteiger charge is 2.42. The van der Waals surface area contributed by atoms with E-state index in [2.05, 4.69) is 0 Å². The number of nitrogens with two attached hydrogens (primary N) is 1. The van der Waals surface area contributed by atoms with E-state index in [9.17, 15) is 9.59 Å². The Morgan fingerprint density at radius 2 is 1.90 bits per heavy atom. The Bertz CT molecular complexity index is 526. The van der Waals surface area contributed by atoms with Crippen LogP contribution < -0.4 is 5.73 Å². The Hall–Kier alpha value is -1.88. The number of rotatable bonds is 3. The smallest absolute Gasteiger partial charge is 0.247 e. The topological polar surface area (TPSA) is 66.6 Å². The number of hydrogen-bond donors (Lipinski definition) is 1. The van der Waals surface area contributed by atoms with Crippen LogP contribution in [0.3, 0.4) is 0 Å². The maximum atomic E-state index is 12.8. The lowest BCUT2D eigenvalue weighted by atomic mass is 9.91. The van der Waals surface area contributed by atoms with Gasteiger partial charge in [0.1, 0.15) is 11.6 Å². The third-order valence-corrected chi connectivity index (χ3v) is 4.06. The van der Waals surface area contributed by atoms with Crippen LogP contribution in [0.5, 0.6) is 0 Å². The third kappa shape index (κ3) is 2.93. The summed E-state index contributed by atoms with van der Waals surface area (Å²) in [6.07, 6.45) is 1.54. The molecule has 5 heteroatoms. The maximum absolute atomic E-state index is 12.8. The van der Waals surface area contributed by atoms with Gasteiger partial charge in [-0.1, -0.05) is 30.3 Å². The van der Waals surface area contributed by atoms with Crippen LogP contribution in [0.1, 0.15) is 25.3 Å². The van der Waals surface area contributed by atoms with Gasteiger partial charge in [0, 0.05) is 20.6 Å². The van der Waals surface area contributed by atoms with Gasteiger partial charge in [-0.25, -0.2) is 0 Å². The van der Waals surface area contributed by atoms with Gasteiger partial charge in [0.25, 0.3) is 0 Å². The molecule has 1 saturated heterocycles. The molecular formula is C16H23N3O2. The Balaban J connectivity index is 2.24. The lowest BCUT2D eigenvalue weighted by Gasteiger charge is -2.33. The Morgan fingerprint density at radius 3 is 2.48 bits per heavy atom. The van der Waals surface area contributed by atoms with Crippen molar-refractivity contribution >= 4 is 11.8 Å². The summed E-state index contributed by atoms with van der Waals surface area (Å²) in [6.45, 7) is 2.29. The molecule has 1 aromatic rings. The van der Waals surface area contributed by atoms with E-state index in [1.54, 1.807) is 25.9 Å². The van der Waals surface area contributed by atoms with E-state index < -0.39 is 5.54 Å². The number of likely N-dealkylation sites (N-methyl/N-ethyl adjacent to an activating group) is 1. The van der Waals surface area contributed by atoms with Gasteiger partial charge in [-0.2, -0.15) is 0 Å². The van der Waals surface area contributed by atoms with Crippen molar-refractivity contribution in [2.24, 2.45) is 5.73 Å². The Kier molecular flexibility index (Phi) is 4.32. The first-order chi connectivity index (χ1) is 9.85. The van der Waals surface area contributed by atoms with Gasteiger partial charge < -0.3 is 15.5 Å². The fourth-order valence-corrected chi connectivity index (χ4v) is 2.77. The fraction of sp³-hybridized carbons (Fsp3) is 0.500. The molecule has 0 aromatic heterocycles. The number of benzene rings is 1. The zero-order valence-electron chi connectivity index (χ0n) is 12.9. The lowest BCUT2D eigenvalue weighted by molar-refractivity contribution is -0.145. The molecular weight excluding hydrogens is 266 g/mol.